The lowest BCUT2D eigenvalue weighted by Gasteiger charge is -2.32. The van der Waals surface area contributed by atoms with E-state index in [2.05, 4.69) is 10.4 Å². The van der Waals surface area contributed by atoms with Crippen LogP contribution in [0.5, 0.6) is 5.75 Å². The highest BCUT2D eigenvalue weighted by Crippen LogP contribution is 2.33. The molecule has 0 fully saturated rings. The summed E-state index contributed by atoms with van der Waals surface area (Å²) < 4.78 is 7.52. The Morgan fingerprint density at radius 2 is 2.07 bits per heavy atom. The molecule has 1 N–H and O–H groups in total. The number of nitrogens with zero attached hydrogens (tertiary/aromatic N) is 3. The number of para-hydroxylation sites is 2. The number of nitrogens with one attached hydrogen (secondary N) is 1. The molecule has 0 saturated heterocycles. The van der Waals surface area contributed by atoms with E-state index in [1.807, 2.05) is 55.8 Å². The van der Waals surface area contributed by atoms with E-state index in [-0.39, 0.29) is 24.3 Å². The largest absolute Gasteiger partial charge is 0.479 e. The van der Waals surface area contributed by atoms with Crippen molar-refractivity contribution in [1.82, 2.24) is 15.1 Å². The minimum absolute atomic E-state index is 0.0536. The first kappa shape index (κ1) is 18.9. The summed E-state index contributed by atoms with van der Waals surface area (Å²) >= 11 is 0. The van der Waals surface area contributed by atoms with Crippen molar-refractivity contribution < 1.29 is 14.3 Å². The van der Waals surface area contributed by atoms with Crippen molar-refractivity contribution >= 4 is 17.5 Å². The lowest BCUT2D eigenvalue weighted by Crippen LogP contribution is -2.46. The second kappa shape index (κ2) is 7.82. The Balaban J connectivity index is 1.57. The van der Waals surface area contributed by atoms with E-state index in [1.54, 1.807) is 11.8 Å². The van der Waals surface area contributed by atoms with Gasteiger partial charge in [0.05, 0.1) is 17.9 Å². The highest BCUT2D eigenvalue weighted by molar-refractivity contribution is 6.00. The van der Waals surface area contributed by atoms with Gasteiger partial charge in [-0.25, -0.2) is 0 Å². The van der Waals surface area contributed by atoms with Crippen molar-refractivity contribution in [1.29, 1.82) is 0 Å². The molecule has 2 heterocycles. The number of amides is 2. The zero-order valence-corrected chi connectivity index (χ0v) is 16.2. The van der Waals surface area contributed by atoms with Gasteiger partial charge in [-0.3, -0.25) is 14.3 Å². The molecule has 0 saturated carbocycles. The molecule has 0 unspecified atom stereocenters. The van der Waals surface area contributed by atoms with Gasteiger partial charge in [0.25, 0.3) is 5.91 Å². The smallest absolute Gasteiger partial charge is 0.267 e. The van der Waals surface area contributed by atoms with Crippen LogP contribution in [0.1, 0.15) is 31.7 Å². The van der Waals surface area contributed by atoms with Gasteiger partial charge in [-0.05, 0) is 45.9 Å². The highest BCUT2D eigenvalue weighted by Gasteiger charge is 2.31. The molecule has 144 valence electrons. The number of benzene rings is 1. The lowest BCUT2D eigenvalue weighted by atomic mass is 10.1. The molecule has 3 rings (SSSR count). The second-order valence-corrected chi connectivity index (χ2v) is 7.05. The number of rotatable bonds is 6. The Hall–Kier alpha value is -2.83. The van der Waals surface area contributed by atoms with Crippen LogP contribution in [0.2, 0.25) is 0 Å². The van der Waals surface area contributed by atoms with Crippen LogP contribution in [0.25, 0.3) is 0 Å². The van der Waals surface area contributed by atoms with Crippen molar-refractivity contribution in [2.75, 3.05) is 11.4 Å². The van der Waals surface area contributed by atoms with Crippen molar-refractivity contribution in [3.05, 3.63) is 41.7 Å². The van der Waals surface area contributed by atoms with E-state index in [1.165, 1.54) is 0 Å². The van der Waals surface area contributed by atoms with Crippen LogP contribution in [-0.2, 0) is 16.1 Å². The van der Waals surface area contributed by atoms with Crippen LogP contribution in [0.4, 0.5) is 5.69 Å². The van der Waals surface area contributed by atoms with Crippen molar-refractivity contribution in [3.8, 4) is 5.75 Å². The Morgan fingerprint density at radius 1 is 1.33 bits per heavy atom. The molecule has 2 amide bonds. The Labute approximate surface area is 159 Å². The van der Waals surface area contributed by atoms with Gasteiger partial charge < -0.3 is 15.0 Å². The molecule has 7 heteroatoms. The molecule has 0 bridgehead atoms. The zero-order valence-electron chi connectivity index (χ0n) is 16.2. The third-order valence-corrected chi connectivity index (χ3v) is 4.59. The maximum atomic E-state index is 12.5. The summed E-state index contributed by atoms with van der Waals surface area (Å²) in [4.78, 5) is 26.5. The average Bonchev–Trinajstić information content (AvgIpc) is 2.92. The number of carbonyl (C=O) groups excluding carboxylic acids is 2. The van der Waals surface area contributed by atoms with E-state index in [4.69, 9.17) is 4.74 Å². The molecule has 2 atom stereocenters. The predicted molar refractivity (Wildman–Crippen MR) is 103 cm³/mol. The first-order valence-corrected chi connectivity index (χ1v) is 9.22. The van der Waals surface area contributed by atoms with E-state index in [9.17, 15) is 9.59 Å². The second-order valence-electron chi connectivity index (χ2n) is 7.05. The lowest BCUT2D eigenvalue weighted by molar-refractivity contribution is -0.125. The third kappa shape index (κ3) is 4.30. The first-order valence-electron chi connectivity index (χ1n) is 9.22. The van der Waals surface area contributed by atoms with E-state index >= 15 is 0 Å². The van der Waals surface area contributed by atoms with Gasteiger partial charge in [0.1, 0.15) is 5.75 Å². The standard InChI is InChI=1S/C20H26N4O3/c1-13-11-15(3)24(22-13)12-14(2)21-19(25)9-10-23-17-7-5-6-8-18(17)27-16(4)20(23)26/h5-8,11,14,16H,9-10,12H2,1-4H3,(H,21,25)/t14-,16+/m1/s1. The Kier molecular flexibility index (Phi) is 5.48. The van der Waals surface area contributed by atoms with Crippen molar-refractivity contribution in [2.45, 2.75) is 52.8 Å². The molecule has 27 heavy (non-hydrogen) atoms. The highest BCUT2D eigenvalue weighted by atomic mass is 16.5. The molecular formula is C20H26N4O3. The van der Waals surface area contributed by atoms with E-state index in [0.29, 0.717) is 24.5 Å². The van der Waals surface area contributed by atoms with E-state index < -0.39 is 6.10 Å². The SMILES string of the molecule is Cc1cc(C)n(C[C@@H](C)NC(=O)CCN2C(=O)[C@H](C)Oc3ccccc32)n1. The molecule has 0 radical (unpaired) electrons. The van der Waals surface area contributed by atoms with Gasteiger partial charge >= 0.3 is 0 Å². The molecule has 1 aliphatic heterocycles. The summed E-state index contributed by atoms with van der Waals surface area (Å²) in [6.07, 6.45) is -0.318. The van der Waals surface area contributed by atoms with Gasteiger partial charge in [0.15, 0.2) is 6.10 Å². The minimum Gasteiger partial charge on any atom is -0.479 e. The maximum absolute atomic E-state index is 12.5. The first-order chi connectivity index (χ1) is 12.8. The van der Waals surface area contributed by atoms with E-state index in [0.717, 1.165) is 11.4 Å². The molecule has 1 aliphatic rings. The normalized spacial score (nSPS) is 17.3. The number of aryl methyl sites for hydroxylation is 2. The van der Waals surface area contributed by atoms with Gasteiger partial charge in [-0.15, -0.1) is 0 Å². The molecule has 0 spiro atoms. The van der Waals surface area contributed by atoms with Crippen molar-refractivity contribution in [2.24, 2.45) is 0 Å². The summed E-state index contributed by atoms with van der Waals surface area (Å²) in [6, 6.07) is 9.35. The van der Waals surface area contributed by atoms with Crippen LogP contribution in [-0.4, -0.2) is 40.3 Å². The third-order valence-electron chi connectivity index (χ3n) is 4.59. The average molecular weight is 370 g/mol. The van der Waals surface area contributed by atoms with Crippen LogP contribution >= 0.6 is 0 Å². The summed E-state index contributed by atoms with van der Waals surface area (Å²) in [6.45, 7) is 8.55. The minimum atomic E-state index is -0.548. The number of ether oxygens (including phenoxy) is 1. The number of fused-ring (bicyclic) bond motifs is 1. The number of aromatic nitrogens is 2. The topological polar surface area (TPSA) is 76.5 Å². The fourth-order valence-corrected chi connectivity index (χ4v) is 3.31. The van der Waals surface area contributed by atoms with Crippen LogP contribution < -0.4 is 15.0 Å². The van der Waals surface area contributed by atoms with Gasteiger partial charge in [0.2, 0.25) is 5.91 Å². The van der Waals surface area contributed by atoms with Gasteiger partial charge in [0, 0.05) is 24.7 Å². The van der Waals surface area contributed by atoms with Gasteiger partial charge in [-0.1, -0.05) is 12.1 Å². The van der Waals surface area contributed by atoms with Gasteiger partial charge in [-0.2, -0.15) is 5.10 Å². The zero-order chi connectivity index (χ0) is 19.6. The summed E-state index contributed by atoms with van der Waals surface area (Å²) in [5.41, 5.74) is 2.74. The van der Waals surface area contributed by atoms with Crippen LogP contribution in [0.15, 0.2) is 30.3 Å². The molecular weight excluding hydrogens is 344 g/mol. The van der Waals surface area contributed by atoms with Crippen LogP contribution in [0.3, 0.4) is 0 Å². The summed E-state index contributed by atoms with van der Waals surface area (Å²) in [5, 5.41) is 7.40. The number of carbonyl (C=O) groups is 2. The number of anilines is 1. The number of hydrogen-bond donors (Lipinski definition) is 1. The predicted octanol–water partition coefficient (Wildman–Crippen LogP) is 2.21. The Bertz CT molecular complexity index is 846. The maximum Gasteiger partial charge on any atom is 0.267 e. The summed E-state index contributed by atoms with van der Waals surface area (Å²) in [5.74, 6) is 0.452. The molecule has 1 aromatic carbocycles. The Morgan fingerprint density at radius 3 is 2.78 bits per heavy atom. The molecule has 2 aromatic rings. The fourth-order valence-electron chi connectivity index (χ4n) is 3.31. The molecule has 0 aliphatic carbocycles. The fraction of sp³-hybridized carbons (Fsp3) is 0.450. The summed E-state index contributed by atoms with van der Waals surface area (Å²) in [7, 11) is 0. The van der Waals surface area contributed by atoms with Crippen LogP contribution in [0, 0.1) is 13.8 Å². The quantitative estimate of drug-likeness (QED) is 0.846. The van der Waals surface area contributed by atoms with Crippen molar-refractivity contribution in [3.63, 3.8) is 0 Å². The molecule has 1 aromatic heterocycles. The number of hydrogen-bond acceptors (Lipinski definition) is 4. The molecule has 7 nitrogen and oxygen atoms in total. The monoisotopic (exact) mass is 370 g/mol.